The second-order valence-electron chi connectivity index (χ2n) is 5.94. The molecule has 0 aliphatic carbocycles. The van der Waals surface area contributed by atoms with Crippen LogP contribution < -0.4 is 19.7 Å². The molecular weight excluding hydrogens is 374 g/mol. The first-order chi connectivity index (χ1) is 12.5. The van der Waals surface area contributed by atoms with Gasteiger partial charge in [0.05, 0.1) is 10.2 Å². The predicted octanol–water partition coefficient (Wildman–Crippen LogP) is 2.94. The molecule has 26 heavy (non-hydrogen) atoms. The lowest BCUT2D eigenvalue weighted by Crippen LogP contribution is -2.20. The zero-order valence-corrected chi connectivity index (χ0v) is 16.0. The quantitative estimate of drug-likeness (QED) is 0.739. The molecule has 4 rings (SSSR count). The first-order valence-electron chi connectivity index (χ1n) is 8.18. The van der Waals surface area contributed by atoms with Crippen LogP contribution in [0, 0.1) is 13.8 Å². The molecule has 1 amide bonds. The maximum atomic E-state index is 12.2. The molecule has 3 aromatic rings. The summed E-state index contributed by atoms with van der Waals surface area (Å²) in [7, 11) is 0. The summed E-state index contributed by atoms with van der Waals surface area (Å²) in [6.45, 7) is 5.22. The summed E-state index contributed by atoms with van der Waals surface area (Å²) in [5, 5.41) is 3.34. The first-order valence-corrected chi connectivity index (χ1v) is 9.81. The second-order valence-corrected chi connectivity index (χ2v) is 8.14. The van der Waals surface area contributed by atoms with E-state index in [2.05, 4.69) is 10.3 Å². The molecule has 9 heteroatoms. The fourth-order valence-electron chi connectivity index (χ4n) is 2.76. The molecule has 0 atom stereocenters. The molecule has 1 aromatic carbocycles. The van der Waals surface area contributed by atoms with Gasteiger partial charge in [0.2, 0.25) is 5.91 Å². The van der Waals surface area contributed by atoms with E-state index in [1.165, 1.54) is 22.7 Å². The lowest BCUT2D eigenvalue weighted by molar-refractivity contribution is -0.116. The second kappa shape index (κ2) is 6.73. The Morgan fingerprint density at radius 3 is 2.65 bits per heavy atom. The van der Waals surface area contributed by atoms with Crippen LogP contribution >= 0.6 is 22.7 Å². The first kappa shape index (κ1) is 17.0. The smallest absolute Gasteiger partial charge is 0.307 e. The van der Waals surface area contributed by atoms with Gasteiger partial charge in [-0.15, -0.1) is 0 Å². The SMILES string of the molecule is Cc1sc(=O)n(CCC(=O)Nc2nc3cc4c(cc3s2)OCCO4)c1C. The maximum absolute atomic E-state index is 12.2. The highest BCUT2D eigenvalue weighted by Gasteiger charge is 2.16. The summed E-state index contributed by atoms with van der Waals surface area (Å²) < 4.78 is 13.7. The number of fused-ring (bicyclic) bond motifs is 2. The molecule has 1 aliphatic rings. The van der Waals surface area contributed by atoms with Crippen molar-refractivity contribution in [3.8, 4) is 11.5 Å². The molecule has 0 saturated carbocycles. The van der Waals surface area contributed by atoms with Crippen LogP contribution in [0.2, 0.25) is 0 Å². The van der Waals surface area contributed by atoms with Crippen molar-refractivity contribution in [1.82, 2.24) is 9.55 Å². The summed E-state index contributed by atoms with van der Waals surface area (Å²) in [6, 6.07) is 3.71. The third-order valence-corrected chi connectivity index (χ3v) is 6.17. The van der Waals surface area contributed by atoms with Gasteiger partial charge < -0.3 is 19.4 Å². The number of nitrogens with one attached hydrogen (secondary N) is 1. The monoisotopic (exact) mass is 391 g/mol. The van der Waals surface area contributed by atoms with E-state index in [-0.39, 0.29) is 17.2 Å². The van der Waals surface area contributed by atoms with Gasteiger partial charge in [0.1, 0.15) is 13.2 Å². The van der Waals surface area contributed by atoms with Gasteiger partial charge in [-0.25, -0.2) is 4.98 Å². The van der Waals surface area contributed by atoms with Gasteiger partial charge >= 0.3 is 4.87 Å². The number of benzene rings is 1. The van der Waals surface area contributed by atoms with Gasteiger partial charge in [0, 0.05) is 35.7 Å². The van der Waals surface area contributed by atoms with Gasteiger partial charge in [-0.3, -0.25) is 9.59 Å². The fourth-order valence-corrected chi connectivity index (χ4v) is 4.51. The van der Waals surface area contributed by atoms with Crippen LogP contribution in [-0.2, 0) is 11.3 Å². The molecule has 0 bridgehead atoms. The molecular formula is C17H17N3O4S2. The average Bonchev–Trinajstić information content (AvgIpc) is 3.10. The topological polar surface area (TPSA) is 82.5 Å². The van der Waals surface area contributed by atoms with Crippen molar-refractivity contribution in [2.75, 3.05) is 18.5 Å². The number of aromatic nitrogens is 2. The fraction of sp³-hybridized carbons (Fsp3) is 0.353. The number of aryl methyl sites for hydroxylation is 1. The van der Waals surface area contributed by atoms with E-state index in [0.29, 0.717) is 36.4 Å². The Hall–Kier alpha value is -2.39. The minimum Gasteiger partial charge on any atom is -0.486 e. The normalized spacial score (nSPS) is 13.2. The van der Waals surface area contributed by atoms with Crippen molar-refractivity contribution < 1.29 is 14.3 Å². The number of rotatable bonds is 4. The summed E-state index contributed by atoms with van der Waals surface area (Å²) in [5.74, 6) is 1.21. The van der Waals surface area contributed by atoms with Crippen molar-refractivity contribution in [3.05, 3.63) is 32.4 Å². The highest BCUT2D eigenvalue weighted by molar-refractivity contribution is 7.22. The van der Waals surface area contributed by atoms with Crippen molar-refractivity contribution in [2.45, 2.75) is 26.8 Å². The van der Waals surface area contributed by atoms with Crippen LogP contribution in [-0.4, -0.2) is 28.7 Å². The number of anilines is 1. The predicted molar refractivity (Wildman–Crippen MR) is 102 cm³/mol. The van der Waals surface area contributed by atoms with Crippen LogP contribution in [0.5, 0.6) is 11.5 Å². The molecule has 2 aromatic heterocycles. The van der Waals surface area contributed by atoms with Crippen LogP contribution in [0.1, 0.15) is 17.0 Å². The molecule has 0 saturated heterocycles. The largest absolute Gasteiger partial charge is 0.486 e. The summed E-state index contributed by atoms with van der Waals surface area (Å²) in [5.41, 5.74) is 1.67. The molecule has 0 spiro atoms. The van der Waals surface area contributed by atoms with E-state index in [1.54, 1.807) is 4.57 Å². The average molecular weight is 391 g/mol. The van der Waals surface area contributed by atoms with Crippen LogP contribution in [0.15, 0.2) is 16.9 Å². The number of hydrogen-bond donors (Lipinski definition) is 1. The number of thiazole rings is 2. The highest BCUT2D eigenvalue weighted by Crippen LogP contribution is 2.37. The summed E-state index contributed by atoms with van der Waals surface area (Å²) in [6.07, 6.45) is 0.218. The summed E-state index contributed by atoms with van der Waals surface area (Å²) >= 11 is 2.59. The van der Waals surface area contributed by atoms with Gasteiger partial charge in [0.25, 0.3) is 0 Å². The molecule has 136 valence electrons. The zero-order chi connectivity index (χ0) is 18.3. The standard InChI is InChI=1S/C17H17N3O4S2/c1-9-10(2)25-17(22)20(9)4-3-15(21)19-16-18-11-7-12-13(8-14(11)26-16)24-6-5-23-12/h7-8H,3-6H2,1-2H3,(H,18,19,21). The number of carbonyl (C=O) groups is 1. The lowest BCUT2D eigenvalue weighted by Gasteiger charge is -2.17. The minimum absolute atomic E-state index is 0.0293. The zero-order valence-electron chi connectivity index (χ0n) is 14.3. The van der Waals surface area contributed by atoms with E-state index in [4.69, 9.17) is 9.47 Å². The minimum atomic E-state index is -0.170. The Bertz CT molecular complexity index is 1010. The number of hydrogen-bond acceptors (Lipinski definition) is 7. The van der Waals surface area contributed by atoms with Crippen LogP contribution in [0.25, 0.3) is 10.2 Å². The molecule has 1 aliphatic heterocycles. The van der Waals surface area contributed by atoms with Crippen molar-refractivity contribution in [3.63, 3.8) is 0 Å². The summed E-state index contributed by atoms with van der Waals surface area (Å²) in [4.78, 5) is 29.5. The van der Waals surface area contributed by atoms with E-state index >= 15 is 0 Å². The van der Waals surface area contributed by atoms with Crippen molar-refractivity contribution in [2.24, 2.45) is 0 Å². The molecule has 3 heterocycles. The van der Waals surface area contributed by atoms with Crippen LogP contribution in [0.3, 0.4) is 0 Å². The van der Waals surface area contributed by atoms with Gasteiger partial charge in [0.15, 0.2) is 16.6 Å². The van der Waals surface area contributed by atoms with E-state index in [1.807, 2.05) is 26.0 Å². The van der Waals surface area contributed by atoms with E-state index in [0.717, 1.165) is 20.8 Å². The molecule has 7 nitrogen and oxygen atoms in total. The van der Waals surface area contributed by atoms with Gasteiger partial charge in [-0.1, -0.05) is 22.7 Å². The Morgan fingerprint density at radius 1 is 1.23 bits per heavy atom. The Kier molecular flexibility index (Phi) is 4.41. The Labute approximate surface area is 157 Å². The highest BCUT2D eigenvalue weighted by atomic mass is 32.1. The Balaban J connectivity index is 1.46. The third-order valence-electron chi connectivity index (χ3n) is 4.24. The third kappa shape index (κ3) is 3.19. The van der Waals surface area contributed by atoms with E-state index in [9.17, 15) is 9.59 Å². The number of ether oxygens (including phenoxy) is 2. The number of nitrogens with zero attached hydrogens (tertiary/aromatic N) is 2. The Morgan fingerprint density at radius 2 is 1.96 bits per heavy atom. The molecule has 0 unspecified atom stereocenters. The molecule has 0 fully saturated rings. The maximum Gasteiger partial charge on any atom is 0.307 e. The lowest BCUT2D eigenvalue weighted by atomic mass is 10.3. The molecule has 0 radical (unpaired) electrons. The van der Waals surface area contributed by atoms with Crippen LogP contribution in [0.4, 0.5) is 5.13 Å². The van der Waals surface area contributed by atoms with E-state index < -0.39 is 0 Å². The molecule has 1 N–H and O–H groups in total. The van der Waals surface area contributed by atoms with Gasteiger partial charge in [-0.2, -0.15) is 0 Å². The van der Waals surface area contributed by atoms with Crippen molar-refractivity contribution >= 4 is 43.9 Å². The number of amides is 1. The van der Waals surface area contributed by atoms with Gasteiger partial charge in [-0.05, 0) is 13.8 Å². The number of carbonyl (C=O) groups excluding carboxylic acids is 1. The van der Waals surface area contributed by atoms with Crippen molar-refractivity contribution in [1.29, 1.82) is 0 Å².